The molecule has 0 aliphatic rings. The van der Waals surface area contributed by atoms with Gasteiger partial charge in [-0.3, -0.25) is 0 Å². The first-order chi connectivity index (χ1) is 9.65. The summed E-state index contributed by atoms with van der Waals surface area (Å²) in [5.41, 5.74) is 1.70. The molecule has 100 valence electrons. The number of thiophene rings is 1. The lowest BCUT2D eigenvalue weighted by Crippen LogP contribution is -1.98. The number of benzene rings is 1. The van der Waals surface area contributed by atoms with Gasteiger partial charge in [-0.15, -0.1) is 11.3 Å². The SMILES string of the molecule is Cc1cccc(-c2oc(-c3cccs3)nc2C(=O)O)c1. The minimum absolute atomic E-state index is 0.0565. The molecule has 0 fully saturated rings. The van der Waals surface area contributed by atoms with Gasteiger partial charge in [0.25, 0.3) is 0 Å². The predicted octanol–water partition coefficient (Wildman–Crippen LogP) is 4.08. The first kappa shape index (κ1) is 12.6. The highest BCUT2D eigenvalue weighted by atomic mass is 32.1. The second-order valence-corrected chi connectivity index (χ2v) is 5.30. The number of carboxylic acids is 1. The summed E-state index contributed by atoms with van der Waals surface area (Å²) in [4.78, 5) is 16.3. The second kappa shape index (κ2) is 4.94. The van der Waals surface area contributed by atoms with Crippen LogP contribution >= 0.6 is 11.3 Å². The van der Waals surface area contributed by atoms with Crippen LogP contribution in [0, 0.1) is 6.92 Å². The zero-order valence-corrected chi connectivity index (χ0v) is 11.5. The number of aromatic nitrogens is 1. The van der Waals surface area contributed by atoms with E-state index in [2.05, 4.69) is 4.98 Å². The molecular weight excluding hydrogens is 274 g/mol. The highest BCUT2D eigenvalue weighted by molar-refractivity contribution is 7.13. The Kier molecular flexibility index (Phi) is 3.12. The van der Waals surface area contributed by atoms with Crippen molar-refractivity contribution in [3.05, 3.63) is 53.0 Å². The molecule has 0 unspecified atom stereocenters. The Morgan fingerprint density at radius 1 is 1.30 bits per heavy atom. The molecule has 0 radical (unpaired) electrons. The van der Waals surface area contributed by atoms with Gasteiger partial charge in [0.2, 0.25) is 5.89 Å². The van der Waals surface area contributed by atoms with Crippen molar-refractivity contribution < 1.29 is 14.3 Å². The minimum atomic E-state index is -1.09. The van der Waals surface area contributed by atoms with Crippen molar-refractivity contribution in [3.8, 4) is 22.1 Å². The van der Waals surface area contributed by atoms with Gasteiger partial charge in [-0.2, -0.15) is 0 Å². The summed E-state index contributed by atoms with van der Waals surface area (Å²) in [6.07, 6.45) is 0. The van der Waals surface area contributed by atoms with Crippen molar-refractivity contribution in [3.63, 3.8) is 0 Å². The number of hydrogen-bond acceptors (Lipinski definition) is 4. The number of oxazole rings is 1. The van der Waals surface area contributed by atoms with E-state index >= 15 is 0 Å². The maximum absolute atomic E-state index is 11.3. The summed E-state index contributed by atoms with van der Waals surface area (Å²) < 4.78 is 5.68. The number of rotatable bonds is 3. The van der Waals surface area contributed by atoms with Gasteiger partial charge in [-0.25, -0.2) is 9.78 Å². The minimum Gasteiger partial charge on any atom is -0.476 e. The molecule has 20 heavy (non-hydrogen) atoms. The first-order valence-corrected chi connectivity index (χ1v) is 6.88. The molecule has 0 saturated carbocycles. The van der Waals surface area contributed by atoms with Crippen LogP contribution in [-0.2, 0) is 0 Å². The summed E-state index contributed by atoms with van der Waals surface area (Å²) in [5.74, 6) is -0.452. The Morgan fingerprint density at radius 2 is 2.15 bits per heavy atom. The van der Waals surface area contributed by atoms with Crippen LogP contribution in [0.4, 0.5) is 0 Å². The molecule has 4 nitrogen and oxygen atoms in total. The lowest BCUT2D eigenvalue weighted by molar-refractivity contribution is 0.0691. The number of aromatic carboxylic acids is 1. The normalized spacial score (nSPS) is 10.7. The van der Waals surface area contributed by atoms with E-state index in [0.717, 1.165) is 16.0 Å². The van der Waals surface area contributed by atoms with Crippen molar-refractivity contribution in [2.24, 2.45) is 0 Å². The fraction of sp³-hybridized carbons (Fsp3) is 0.0667. The van der Waals surface area contributed by atoms with Crippen LogP contribution in [0.3, 0.4) is 0 Å². The van der Waals surface area contributed by atoms with Crippen molar-refractivity contribution in [2.45, 2.75) is 6.92 Å². The Hall–Kier alpha value is -2.40. The van der Waals surface area contributed by atoms with E-state index in [0.29, 0.717) is 11.7 Å². The van der Waals surface area contributed by atoms with Crippen LogP contribution < -0.4 is 0 Å². The zero-order chi connectivity index (χ0) is 14.1. The molecule has 5 heteroatoms. The maximum atomic E-state index is 11.3. The third kappa shape index (κ3) is 2.23. The van der Waals surface area contributed by atoms with Crippen molar-refractivity contribution >= 4 is 17.3 Å². The monoisotopic (exact) mass is 285 g/mol. The highest BCUT2D eigenvalue weighted by Crippen LogP contribution is 2.32. The van der Waals surface area contributed by atoms with Gasteiger partial charge < -0.3 is 9.52 Å². The molecule has 0 aliphatic heterocycles. The first-order valence-electron chi connectivity index (χ1n) is 6.00. The smallest absolute Gasteiger partial charge is 0.358 e. The van der Waals surface area contributed by atoms with Crippen molar-refractivity contribution in [1.82, 2.24) is 4.98 Å². The van der Waals surface area contributed by atoms with Crippen molar-refractivity contribution in [1.29, 1.82) is 0 Å². The fourth-order valence-corrected chi connectivity index (χ4v) is 2.60. The Balaban J connectivity index is 2.17. The topological polar surface area (TPSA) is 63.3 Å². The number of hydrogen-bond donors (Lipinski definition) is 1. The summed E-state index contributed by atoms with van der Waals surface area (Å²) in [6.45, 7) is 1.94. The largest absolute Gasteiger partial charge is 0.476 e. The van der Waals surface area contributed by atoms with Gasteiger partial charge in [-0.1, -0.05) is 29.8 Å². The lowest BCUT2D eigenvalue weighted by Gasteiger charge is -1.99. The number of aryl methyl sites for hydroxylation is 1. The number of carbonyl (C=O) groups is 1. The van der Waals surface area contributed by atoms with Crippen LogP contribution in [-0.4, -0.2) is 16.1 Å². The third-order valence-corrected chi connectivity index (χ3v) is 3.70. The van der Waals surface area contributed by atoms with Crippen LogP contribution in [0.25, 0.3) is 22.1 Å². The summed E-state index contributed by atoms with van der Waals surface area (Å²) in [5, 5.41) is 11.2. The summed E-state index contributed by atoms with van der Waals surface area (Å²) in [7, 11) is 0. The molecule has 0 amide bonds. The van der Waals surface area contributed by atoms with E-state index in [-0.39, 0.29) is 5.69 Å². The quantitative estimate of drug-likeness (QED) is 0.787. The Labute approximate surface area is 119 Å². The van der Waals surface area contributed by atoms with E-state index in [1.807, 2.05) is 48.7 Å². The van der Waals surface area contributed by atoms with Gasteiger partial charge in [0.1, 0.15) is 0 Å². The maximum Gasteiger partial charge on any atom is 0.358 e. The third-order valence-electron chi connectivity index (χ3n) is 2.84. The fourth-order valence-electron chi connectivity index (χ4n) is 1.95. The molecule has 2 heterocycles. The van der Waals surface area contributed by atoms with Crippen LogP contribution in [0.5, 0.6) is 0 Å². The average molecular weight is 285 g/mol. The van der Waals surface area contributed by atoms with Gasteiger partial charge in [0, 0.05) is 5.56 Å². The van der Waals surface area contributed by atoms with Crippen LogP contribution in [0.1, 0.15) is 16.1 Å². The van der Waals surface area contributed by atoms with Gasteiger partial charge in [0.15, 0.2) is 11.5 Å². The molecule has 3 aromatic rings. The van der Waals surface area contributed by atoms with E-state index in [1.165, 1.54) is 11.3 Å². The second-order valence-electron chi connectivity index (χ2n) is 4.35. The standard InChI is InChI=1S/C15H11NO3S/c1-9-4-2-5-10(8-9)13-12(15(17)18)16-14(19-13)11-6-3-7-20-11/h2-8H,1H3,(H,17,18). The molecule has 1 N–H and O–H groups in total. The number of carboxylic acid groups (broad SMARTS) is 1. The molecule has 3 rings (SSSR count). The molecule has 1 aromatic carbocycles. The van der Waals surface area contributed by atoms with Crippen molar-refractivity contribution in [2.75, 3.05) is 0 Å². The molecule has 2 aromatic heterocycles. The van der Waals surface area contributed by atoms with E-state index in [4.69, 9.17) is 4.42 Å². The van der Waals surface area contributed by atoms with Gasteiger partial charge in [0.05, 0.1) is 4.88 Å². The summed E-state index contributed by atoms with van der Waals surface area (Å²) >= 11 is 1.46. The molecule has 0 saturated heterocycles. The molecule has 0 atom stereocenters. The molecule has 0 bridgehead atoms. The highest BCUT2D eigenvalue weighted by Gasteiger charge is 2.22. The van der Waals surface area contributed by atoms with E-state index in [1.54, 1.807) is 0 Å². The van der Waals surface area contributed by atoms with Crippen LogP contribution in [0.2, 0.25) is 0 Å². The van der Waals surface area contributed by atoms with E-state index in [9.17, 15) is 9.90 Å². The molecule has 0 spiro atoms. The zero-order valence-electron chi connectivity index (χ0n) is 10.7. The summed E-state index contributed by atoms with van der Waals surface area (Å²) in [6, 6.07) is 11.2. The lowest BCUT2D eigenvalue weighted by atomic mass is 10.1. The van der Waals surface area contributed by atoms with Gasteiger partial charge in [-0.05, 0) is 24.4 Å². The van der Waals surface area contributed by atoms with Gasteiger partial charge >= 0.3 is 5.97 Å². The predicted molar refractivity (Wildman–Crippen MR) is 76.9 cm³/mol. The van der Waals surface area contributed by atoms with Crippen LogP contribution in [0.15, 0.2) is 46.2 Å². The average Bonchev–Trinajstić information content (AvgIpc) is 3.08. The Bertz CT molecular complexity index is 759. The molecule has 0 aliphatic carbocycles. The number of nitrogens with zero attached hydrogens (tertiary/aromatic N) is 1. The Morgan fingerprint density at radius 3 is 2.80 bits per heavy atom. The molecular formula is C15H11NO3S. The van der Waals surface area contributed by atoms with E-state index < -0.39 is 5.97 Å².